The summed E-state index contributed by atoms with van der Waals surface area (Å²) in [7, 11) is 0.496. The first-order chi connectivity index (χ1) is 13.7. The number of sulfonamides is 1. The maximum absolute atomic E-state index is 12.8. The van der Waals surface area contributed by atoms with Gasteiger partial charge in [0.05, 0.1) is 37.4 Å². The molecule has 0 spiro atoms. The van der Waals surface area contributed by atoms with E-state index in [-0.39, 0.29) is 28.8 Å². The third kappa shape index (κ3) is 5.39. The van der Waals surface area contributed by atoms with Gasteiger partial charge in [0.15, 0.2) is 0 Å². The van der Waals surface area contributed by atoms with E-state index in [0.717, 1.165) is 0 Å². The summed E-state index contributed by atoms with van der Waals surface area (Å²) in [5.74, 6) is 0.867. The van der Waals surface area contributed by atoms with Gasteiger partial charge in [-0.05, 0) is 44.2 Å². The molecule has 0 aliphatic heterocycles. The van der Waals surface area contributed by atoms with Crippen LogP contribution >= 0.6 is 0 Å². The van der Waals surface area contributed by atoms with Gasteiger partial charge in [-0.1, -0.05) is 6.07 Å². The number of benzene rings is 2. The second kappa shape index (κ2) is 9.62. The van der Waals surface area contributed by atoms with Crippen LogP contribution in [0, 0.1) is 0 Å². The Morgan fingerprint density at radius 1 is 0.966 bits per heavy atom. The van der Waals surface area contributed by atoms with Gasteiger partial charge in [-0.15, -0.1) is 0 Å². The molecule has 0 unspecified atom stereocenters. The largest absolute Gasteiger partial charge is 0.496 e. The first-order valence-corrected chi connectivity index (χ1v) is 10.4. The lowest BCUT2D eigenvalue weighted by Gasteiger charge is -2.15. The Labute approximate surface area is 171 Å². The third-order valence-corrected chi connectivity index (χ3v) is 5.51. The number of hydrogen-bond donors (Lipinski definition) is 2. The molecule has 0 heterocycles. The van der Waals surface area contributed by atoms with Crippen LogP contribution < -0.4 is 24.2 Å². The normalized spacial score (nSPS) is 11.2. The molecule has 2 N–H and O–H groups in total. The Kier molecular flexibility index (Phi) is 7.46. The molecule has 0 aliphatic rings. The number of amides is 1. The van der Waals surface area contributed by atoms with Crippen molar-refractivity contribution in [1.82, 2.24) is 10.0 Å². The van der Waals surface area contributed by atoms with E-state index in [4.69, 9.17) is 14.2 Å². The highest BCUT2D eigenvalue weighted by atomic mass is 32.2. The van der Waals surface area contributed by atoms with E-state index in [1.807, 2.05) is 13.8 Å². The molecule has 0 aliphatic carbocycles. The summed E-state index contributed by atoms with van der Waals surface area (Å²) < 4.78 is 44.0. The van der Waals surface area contributed by atoms with Crippen LogP contribution in [0.5, 0.6) is 17.2 Å². The fourth-order valence-electron chi connectivity index (χ4n) is 2.72. The quantitative estimate of drug-likeness (QED) is 0.643. The molecule has 2 rings (SSSR count). The first-order valence-electron chi connectivity index (χ1n) is 8.92. The Morgan fingerprint density at radius 2 is 1.55 bits per heavy atom. The van der Waals surface area contributed by atoms with Gasteiger partial charge in [0, 0.05) is 12.6 Å². The van der Waals surface area contributed by atoms with E-state index in [0.29, 0.717) is 17.1 Å². The summed E-state index contributed by atoms with van der Waals surface area (Å²) in [6.45, 7) is 3.58. The Bertz CT molecular complexity index is 951. The molecule has 0 aromatic heterocycles. The van der Waals surface area contributed by atoms with Gasteiger partial charge in [-0.25, -0.2) is 13.1 Å². The average molecular weight is 423 g/mol. The molecule has 9 heteroatoms. The van der Waals surface area contributed by atoms with Crippen LogP contribution in [0.3, 0.4) is 0 Å². The Hall–Kier alpha value is -2.78. The van der Waals surface area contributed by atoms with E-state index in [9.17, 15) is 13.2 Å². The van der Waals surface area contributed by atoms with Crippen molar-refractivity contribution in [1.29, 1.82) is 0 Å². The van der Waals surface area contributed by atoms with Crippen molar-refractivity contribution in [2.45, 2.75) is 31.3 Å². The van der Waals surface area contributed by atoms with E-state index in [1.54, 1.807) is 18.2 Å². The predicted molar refractivity (Wildman–Crippen MR) is 109 cm³/mol. The molecule has 0 atom stereocenters. The summed E-state index contributed by atoms with van der Waals surface area (Å²) in [4.78, 5) is 12.4. The van der Waals surface area contributed by atoms with E-state index < -0.39 is 15.9 Å². The SMILES string of the molecule is COc1ccc(S(=O)(=O)NCc2c(OC)cccc2OC)cc1C(=O)NC(C)C. The van der Waals surface area contributed by atoms with Crippen LogP contribution in [0.2, 0.25) is 0 Å². The minimum Gasteiger partial charge on any atom is -0.496 e. The molecule has 29 heavy (non-hydrogen) atoms. The lowest BCUT2D eigenvalue weighted by atomic mass is 10.2. The molecule has 0 bridgehead atoms. The van der Waals surface area contributed by atoms with Gasteiger partial charge in [0.25, 0.3) is 5.91 Å². The predicted octanol–water partition coefficient (Wildman–Crippen LogP) is 2.33. The molecule has 2 aromatic carbocycles. The molecule has 0 radical (unpaired) electrons. The third-order valence-electron chi connectivity index (χ3n) is 4.11. The summed E-state index contributed by atoms with van der Waals surface area (Å²) in [6.07, 6.45) is 0. The minimum atomic E-state index is -3.91. The Balaban J connectivity index is 2.34. The molecule has 0 fully saturated rings. The lowest BCUT2D eigenvalue weighted by Crippen LogP contribution is -2.31. The van der Waals surface area contributed by atoms with Crippen molar-refractivity contribution in [2.75, 3.05) is 21.3 Å². The smallest absolute Gasteiger partial charge is 0.255 e. The fourth-order valence-corrected chi connectivity index (χ4v) is 3.75. The van der Waals surface area contributed by atoms with Crippen LogP contribution in [0.15, 0.2) is 41.3 Å². The summed E-state index contributed by atoms with van der Waals surface area (Å²) in [5, 5.41) is 2.73. The topological polar surface area (TPSA) is 103 Å². The molecular weight excluding hydrogens is 396 g/mol. The average Bonchev–Trinajstić information content (AvgIpc) is 2.70. The van der Waals surface area contributed by atoms with Crippen molar-refractivity contribution in [2.24, 2.45) is 0 Å². The van der Waals surface area contributed by atoms with Gasteiger partial charge < -0.3 is 19.5 Å². The second-order valence-electron chi connectivity index (χ2n) is 6.46. The highest BCUT2D eigenvalue weighted by Crippen LogP contribution is 2.29. The van der Waals surface area contributed by atoms with Crippen LogP contribution in [0.4, 0.5) is 0 Å². The molecule has 0 saturated carbocycles. The summed E-state index contributed by atoms with van der Waals surface area (Å²) in [6, 6.07) is 9.20. The van der Waals surface area contributed by atoms with Crippen molar-refractivity contribution >= 4 is 15.9 Å². The molecule has 158 valence electrons. The number of hydrogen-bond acceptors (Lipinski definition) is 6. The van der Waals surface area contributed by atoms with Crippen LogP contribution in [-0.2, 0) is 16.6 Å². The van der Waals surface area contributed by atoms with Crippen LogP contribution in [-0.4, -0.2) is 41.7 Å². The highest BCUT2D eigenvalue weighted by Gasteiger charge is 2.21. The molecule has 2 aromatic rings. The van der Waals surface area contributed by atoms with Gasteiger partial charge in [-0.3, -0.25) is 4.79 Å². The molecular formula is C20H26N2O6S. The maximum Gasteiger partial charge on any atom is 0.255 e. The van der Waals surface area contributed by atoms with Crippen LogP contribution in [0.25, 0.3) is 0 Å². The highest BCUT2D eigenvalue weighted by molar-refractivity contribution is 7.89. The van der Waals surface area contributed by atoms with E-state index in [2.05, 4.69) is 10.0 Å². The monoisotopic (exact) mass is 422 g/mol. The number of rotatable bonds is 9. The van der Waals surface area contributed by atoms with E-state index in [1.165, 1.54) is 39.5 Å². The minimum absolute atomic E-state index is 0.0466. The van der Waals surface area contributed by atoms with Crippen molar-refractivity contribution in [3.8, 4) is 17.2 Å². The number of ether oxygens (including phenoxy) is 3. The standard InChI is InChI=1S/C20H26N2O6S/c1-13(2)22-20(23)15-11-14(9-10-19(15)28-5)29(24,25)21-12-16-17(26-3)7-6-8-18(16)27-4/h6-11,13,21H,12H2,1-5H3,(H,22,23). The van der Waals surface area contributed by atoms with Gasteiger partial charge in [-0.2, -0.15) is 0 Å². The number of carbonyl (C=O) groups is 1. The summed E-state index contributed by atoms with van der Waals surface area (Å²) in [5.41, 5.74) is 0.700. The zero-order valence-electron chi connectivity index (χ0n) is 17.1. The number of carbonyl (C=O) groups excluding carboxylic acids is 1. The number of methoxy groups -OCH3 is 3. The van der Waals surface area contributed by atoms with Gasteiger partial charge >= 0.3 is 0 Å². The molecule has 1 amide bonds. The summed E-state index contributed by atoms with van der Waals surface area (Å²) >= 11 is 0. The maximum atomic E-state index is 12.8. The van der Waals surface area contributed by atoms with Crippen molar-refractivity contribution in [3.63, 3.8) is 0 Å². The Morgan fingerprint density at radius 3 is 2.07 bits per heavy atom. The zero-order chi connectivity index (χ0) is 21.6. The molecule has 0 saturated heterocycles. The van der Waals surface area contributed by atoms with Crippen molar-refractivity contribution < 1.29 is 27.4 Å². The van der Waals surface area contributed by atoms with Crippen molar-refractivity contribution in [3.05, 3.63) is 47.5 Å². The fraction of sp³-hybridized carbons (Fsp3) is 0.350. The van der Waals surface area contributed by atoms with Crippen LogP contribution in [0.1, 0.15) is 29.8 Å². The van der Waals surface area contributed by atoms with Gasteiger partial charge in [0.1, 0.15) is 17.2 Å². The lowest BCUT2D eigenvalue weighted by molar-refractivity contribution is 0.0940. The first kappa shape index (κ1) is 22.5. The molecule has 8 nitrogen and oxygen atoms in total. The van der Waals surface area contributed by atoms with Gasteiger partial charge in [0.2, 0.25) is 10.0 Å². The number of nitrogens with one attached hydrogen (secondary N) is 2. The van der Waals surface area contributed by atoms with E-state index >= 15 is 0 Å². The zero-order valence-corrected chi connectivity index (χ0v) is 17.9. The second-order valence-corrected chi connectivity index (χ2v) is 8.22.